The average molecular weight is 335 g/mol. The molecular weight excluding hydrogens is 319 g/mol. The number of fused-ring (bicyclic) bond motifs is 1. The number of rotatable bonds is 4. The van der Waals surface area contributed by atoms with E-state index in [2.05, 4.69) is 20.3 Å². The predicted molar refractivity (Wildman–Crippen MR) is 83.8 cm³/mol. The number of nitrogens with zero attached hydrogens (tertiary/aromatic N) is 3. The SMILES string of the molecule is NCc1cc(NCc2cnc3c(c2)C=C(C(F)(F)F)CC3)ncn1. The van der Waals surface area contributed by atoms with Crippen LogP contribution < -0.4 is 11.1 Å². The van der Waals surface area contributed by atoms with Crippen LogP contribution >= 0.6 is 0 Å². The molecule has 24 heavy (non-hydrogen) atoms. The van der Waals surface area contributed by atoms with Gasteiger partial charge in [-0.1, -0.05) is 0 Å². The summed E-state index contributed by atoms with van der Waals surface area (Å²) in [6, 6.07) is 3.46. The van der Waals surface area contributed by atoms with E-state index >= 15 is 0 Å². The second-order valence-electron chi connectivity index (χ2n) is 5.50. The Hall–Kier alpha value is -2.48. The maximum atomic E-state index is 12.9. The molecule has 2 heterocycles. The van der Waals surface area contributed by atoms with E-state index < -0.39 is 11.7 Å². The first-order chi connectivity index (χ1) is 11.5. The van der Waals surface area contributed by atoms with Gasteiger partial charge in [0.25, 0.3) is 0 Å². The van der Waals surface area contributed by atoms with E-state index in [0.717, 1.165) is 5.56 Å². The molecule has 0 atom stereocenters. The van der Waals surface area contributed by atoms with Gasteiger partial charge >= 0.3 is 6.18 Å². The van der Waals surface area contributed by atoms with Crippen LogP contribution in [0.1, 0.15) is 28.9 Å². The molecule has 3 N–H and O–H groups in total. The van der Waals surface area contributed by atoms with Crippen molar-refractivity contribution in [3.63, 3.8) is 0 Å². The Bertz CT molecular complexity index is 771. The van der Waals surface area contributed by atoms with Gasteiger partial charge in [0.05, 0.1) is 5.69 Å². The first-order valence-corrected chi connectivity index (χ1v) is 7.46. The zero-order valence-electron chi connectivity index (χ0n) is 12.8. The van der Waals surface area contributed by atoms with Crippen LogP contribution in [-0.2, 0) is 19.5 Å². The van der Waals surface area contributed by atoms with Gasteiger partial charge in [-0.25, -0.2) is 9.97 Å². The van der Waals surface area contributed by atoms with Gasteiger partial charge in [0.2, 0.25) is 0 Å². The normalized spacial score (nSPS) is 14.1. The van der Waals surface area contributed by atoms with E-state index in [1.54, 1.807) is 18.3 Å². The van der Waals surface area contributed by atoms with E-state index in [1.807, 2.05) is 0 Å². The van der Waals surface area contributed by atoms with Crippen molar-refractivity contribution in [3.05, 3.63) is 52.7 Å². The van der Waals surface area contributed by atoms with E-state index in [9.17, 15) is 13.2 Å². The number of hydrogen-bond acceptors (Lipinski definition) is 5. The number of aromatic nitrogens is 3. The van der Waals surface area contributed by atoms with Crippen molar-refractivity contribution >= 4 is 11.9 Å². The molecule has 0 bridgehead atoms. The van der Waals surface area contributed by atoms with Gasteiger partial charge in [-0.05, 0) is 36.1 Å². The average Bonchev–Trinajstić information content (AvgIpc) is 2.58. The highest BCUT2D eigenvalue weighted by Crippen LogP contribution is 2.34. The van der Waals surface area contributed by atoms with E-state index in [-0.39, 0.29) is 6.42 Å². The van der Waals surface area contributed by atoms with Gasteiger partial charge in [0.1, 0.15) is 12.1 Å². The molecule has 8 heteroatoms. The molecule has 0 radical (unpaired) electrons. The third-order valence-electron chi connectivity index (χ3n) is 3.79. The molecule has 1 aliphatic rings. The van der Waals surface area contributed by atoms with Crippen molar-refractivity contribution in [1.82, 2.24) is 15.0 Å². The number of nitrogens with two attached hydrogens (primary N) is 1. The Balaban J connectivity index is 1.76. The number of anilines is 1. The Morgan fingerprint density at radius 3 is 2.71 bits per heavy atom. The highest BCUT2D eigenvalue weighted by Gasteiger charge is 2.34. The summed E-state index contributed by atoms with van der Waals surface area (Å²) >= 11 is 0. The molecule has 126 valence electrons. The van der Waals surface area contributed by atoms with Crippen LogP contribution in [0.3, 0.4) is 0 Å². The predicted octanol–water partition coefficient (Wildman–Crippen LogP) is 2.83. The summed E-state index contributed by atoms with van der Waals surface area (Å²) in [5.41, 5.74) is 7.72. The minimum Gasteiger partial charge on any atom is -0.366 e. The first kappa shape index (κ1) is 16.4. The van der Waals surface area contributed by atoms with Crippen LogP contribution in [0.25, 0.3) is 6.08 Å². The largest absolute Gasteiger partial charge is 0.412 e. The fourth-order valence-corrected chi connectivity index (χ4v) is 2.52. The molecule has 2 aromatic heterocycles. The van der Waals surface area contributed by atoms with Crippen molar-refractivity contribution in [2.75, 3.05) is 5.32 Å². The topological polar surface area (TPSA) is 76.7 Å². The Morgan fingerprint density at radius 1 is 1.12 bits per heavy atom. The monoisotopic (exact) mass is 335 g/mol. The summed E-state index contributed by atoms with van der Waals surface area (Å²) in [7, 11) is 0. The molecule has 0 aromatic carbocycles. The van der Waals surface area contributed by atoms with E-state index in [1.165, 1.54) is 12.4 Å². The van der Waals surface area contributed by atoms with Gasteiger partial charge in [-0.15, -0.1) is 0 Å². The number of allylic oxidation sites excluding steroid dienone is 1. The van der Waals surface area contributed by atoms with Crippen LogP contribution in [0.4, 0.5) is 19.0 Å². The Kier molecular flexibility index (Phi) is 4.48. The molecule has 0 unspecified atom stereocenters. The molecule has 0 fully saturated rings. The fourth-order valence-electron chi connectivity index (χ4n) is 2.52. The van der Waals surface area contributed by atoms with Gasteiger partial charge in [-0.3, -0.25) is 4.98 Å². The van der Waals surface area contributed by atoms with Crippen LogP contribution in [0, 0.1) is 0 Å². The lowest BCUT2D eigenvalue weighted by molar-refractivity contribution is -0.0931. The number of alkyl halides is 3. The quantitative estimate of drug-likeness (QED) is 0.898. The summed E-state index contributed by atoms with van der Waals surface area (Å²) in [6.07, 6.45) is 0.263. The lowest BCUT2D eigenvalue weighted by atomic mass is 9.95. The highest BCUT2D eigenvalue weighted by molar-refractivity contribution is 5.59. The smallest absolute Gasteiger partial charge is 0.366 e. The lowest BCUT2D eigenvalue weighted by Gasteiger charge is -2.18. The van der Waals surface area contributed by atoms with Crippen LogP contribution in [0.2, 0.25) is 0 Å². The summed E-state index contributed by atoms with van der Waals surface area (Å²) < 4.78 is 38.6. The molecule has 0 saturated heterocycles. The van der Waals surface area contributed by atoms with Gasteiger partial charge in [0.15, 0.2) is 0 Å². The molecule has 0 amide bonds. The zero-order chi connectivity index (χ0) is 17.2. The van der Waals surface area contributed by atoms with E-state index in [0.29, 0.717) is 42.3 Å². The number of nitrogens with one attached hydrogen (secondary N) is 1. The first-order valence-electron chi connectivity index (χ1n) is 7.46. The van der Waals surface area contributed by atoms with Crippen molar-refractivity contribution in [3.8, 4) is 0 Å². The highest BCUT2D eigenvalue weighted by atomic mass is 19.4. The Labute approximate surface area is 136 Å². The van der Waals surface area contributed by atoms with Crippen LogP contribution in [-0.4, -0.2) is 21.1 Å². The van der Waals surface area contributed by atoms with Gasteiger partial charge in [-0.2, -0.15) is 13.2 Å². The second kappa shape index (κ2) is 6.56. The molecule has 5 nitrogen and oxygen atoms in total. The molecule has 2 aromatic rings. The number of aryl methyl sites for hydroxylation is 1. The third kappa shape index (κ3) is 3.70. The fraction of sp³-hybridized carbons (Fsp3) is 0.312. The van der Waals surface area contributed by atoms with Crippen LogP contribution in [0.5, 0.6) is 0 Å². The Morgan fingerprint density at radius 2 is 1.96 bits per heavy atom. The van der Waals surface area contributed by atoms with Crippen molar-refractivity contribution in [2.24, 2.45) is 5.73 Å². The van der Waals surface area contributed by atoms with Crippen molar-refractivity contribution < 1.29 is 13.2 Å². The molecule has 0 spiro atoms. The number of halogens is 3. The summed E-state index contributed by atoms with van der Waals surface area (Å²) in [4.78, 5) is 12.4. The van der Waals surface area contributed by atoms with Crippen LogP contribution in [0.15, 0.2) is 30.2 Å². The minimum absolute atomic E-state index is 0.0239. The van der Waals surface area contributed by atoms with E-state index in [4.69, 9.17) is 5.73 Å². The number of pyridine rings is 1. The summed E-state index contributed by atoms with van der Waals surface area (Å²) in [5.74, 6) is 0.606. The maximum absolute atomic E-state index is 12.9. The van der Waals surface area contributed by atoms with Gasteiger partial charge < -0.3 is 11.1 Å². The molecule has 3 rings (SSSR count). The zero-order valence-corrected chi connectivity index (χ0v) is 12.8. The molecule has 0 aliphatic heterocycles. The summed E-state index contributed by atoms with van der Waals surface area (Å²) in [6.45, 7) is 0.707. The molecule has 1 aliphatic carbocycles. The second-order valence-corrected chi connectivity index (χ2v) is 5.50. The molecule has 0 saturated carbocycles. The lowest BCUT2D eigenvalue weighted by Crippen LogP contribution is -2.16. The minimum atomic E-state index is -4.29. The van der Waals surface area contributed by atoms with Crippen molar-refractivity contribution in [1.29, 1.82) is 0 Å². The standard InChI is InChI=1S/C16H16F3N5/c17-16(18,19)12-1-2-14-11(4-12)3-10(7-21-14)8-22-15-5-13(6-20)23-9-24-15/h3-5,7,9H,1-2,6,8,20H2,(H,22,23,24). The maximum Gasteiger partial charge on any atom is 0.412 e. The summed E-state index contributed by atoms with van der Waals surface area (Å²) in [5, 5.41) is 3.09. The number of hydrogen-bond donors (Lipinski definition) is 2. The van der Waals surface area contributed by atoms with Crippen molar-refractivity contribution in [2.45, 2.75) is 32.1 Å². The molecular formula is C16H16F3N5. The third-order valence-corrected chi connectivity index (χ3v) is 3.79. The van der Waals surface area contributed by atoms with Gasteiger partial charge in [0, 0.05) is 36.6 Å².